The zero-order valence-corrected chi connectivity index (χ0v) is 22.4. The van der Waals surface area contributed by atoms with Gasteiger partial charge in [0.25, 0.3) is 0 Å². The van der Waals surface area contributed by atoms with Crippen LogP contribution in [0, 0.1) is 6.92 Å². The minimum Gasteiger partial charge on any atom is -0.349 e. The van der Waals surface area contributed by atoms with Crippen molar-refractivity contribution < 1.29 is 14.4 Å². The summed E-state index contributed by atoms with van der Waals surface area (Å²) in [6, 6.07) is 20.8. The highest BCUT2D eigenvalue weighted by Crippen LogP contribution is 2.30. The van der Waals surface area contributed by atoms with E-state index >= 15 is 0 Å². The maximum absolute atomic E-state index is 14.1. The van der Waals surface area contributed by atoms with Gasteiger partial charge >= 0.3 is 0 Å². The molecule has 2 amide bonds. The van der Waals surface area contributed by atoms with Crippen molar-refractivity contribution in [2.45, 2.75) is 59.2 Å². The van der Waals surface area contributed by atoms with Gasteiger partial charge in [-0.2, -0.15) is 0 Å². The van der Waals surface area contributed by atoms with Gasteiger partial charge in [0.2, 0.25) is 11.8 Å². The number of nitrogens with zero attached hydrogens (tertiary/aromatic N) is 4. The van der Waals surface area contributed by atoms with Crippen molar-refractivity contribution in [3.63, 3.8) is 0 Å². The van der Waals surface area contributed by atoms with Crippen molar-refractivity contribution in [1.29, 1.82) is 0 Å². The van der Waals surface area contributed by atoms with Crippen LogP contribution in [0.15, 0.2) is 72.8 Å². The molecule has 0 aliphatic carbocycles. The lowest BCUT2D eigenvalue weighted by atomic mass is 9.97. The molecule has 8 heteroatoms. The van der Waals surface area contributed by atoms with Gasteiger partial charge in [0.05, 0.1) is 5.52 Å². The molecule has 4 aromatic rings. The Hall–Kier alpha value is -4.33. The monoisotopic (exact) mass is 511 g/mol. The van der Waals surface area contributed by atoms with E-state index in [4.69, 9.17) is 0 Å². The van der Waals surface area contributed by atoms with Crippen LogP contribution >= 0.6 is 0 Å². The Balaban J connectivity index is 1.83. The highest BCUT2D eigenvalue weighted by atomic mass is 16.2. The third kappa shape index (κ3) is 5.80. The Bertz CT molecular complexity index is 1460. The van der Waals surface area contributed by atoms with Gasteiger partial charge in [-0.15, -0.1) is 5.10 Å². The van der Waals surface area contributed by atoms with Crippen LogP contribution in [0.3, 0.4) is 0 Å². The Morgan fingerprint density at radius 3 is 2.26 bits per heavy atom. The number of rotatable bonds is 9. The number of carbonyl (C=O) groups is 3. The van der Waals surface area contributed by atoms with Gasteiger partial charge in [-0.1, -0.05) is 54.1 Å². The molecular formula is C30H33N5O3. The van der Waals surface area contributed by atoms with Crippen molar-refractivity contribution in [2.24, 2.45) is 0 Å². The normalized spacial score (nSPS) is 12.2. The van der Waals surface area contributed by atoms with E-state index in [1.54, 1.807) is 24.3 Å². The number of aromatic nitrogens is 3. The highest BCUT2D eigenvalue weighted by molar-refractivity contribution is 6.02. The first-order valence-corrected chi connectivity index (χ1v) is 12.7. The molecule has 1 atom stereocenters. The van der Waals surface area contributed by atoms with Gasteiger partial charge in [-0.25, -0.2) is 4.68 Å². The van der Waals surface area contributed by atoms with Gasteiger partial charge in [0, 0.05) is 16.8 Å². The largest absolute Gasteiger partial charge is 0.349 e. The fraction of sp³-hybridized carbons (Fsp3) is 0.300. The number of nitrogens with one attached hydrogen (secondary N) is 1. The summed E-state index contributed by atoms with van der Waals surface area (Å²) in [5.74, 6) is -0.722. The van der Waals surface area contributed by atoms with Crippen LogP contribution in [0.25, 0.3) is 11.0 Å². The molecule has 4 rings (SSSR count). The molecule has 0 aliphatic rings. The van der Waals surface area contributed by atoms with Gasteiger partial charge in [-0.05, 0) is 76.1 Å². The summed E-state index contributed by atoms with van der Waals surface area (Å²) in [5.41, 5.74) is 3.65. The van der Waals surface area contributed by atoms with E-state index < -0.39 is 11.6 Å². The Morgan fingerprint density at radius 2 is 1.63 bits per heavy atom. The molecule has 0 bridgehead atoms. The number of amides is 2. The van der Waals surface area contributed by atoms with Crippen molar-refractivity contribution in [1.82, 2.24) is 20.3 Å². The second kappa shape index (κ2) is 11.0. The predicted octanol–water partition coefficient (Wildman–Crippen LogP) is 5.02. The molecule has 0 aliphatic heterocycles. The molecular weight excluding hydrogens is 478 g/mol. The maximum Gasteiger partial charge on any atom is 0.249 e. The lowest BCUT2D eigenvalue weighted by Gasteiger charge is -2.34. The number of hydrogen-bond acceptors (Lipinski definition) is 5. The summed E-state index contributed by atoms with van der Waals surface area (Å²) >= 11 is 0. The molecule has 0 radical (unpaired) electrons. The minimum absolute atomic E-state index is 0.0824. The van der Waals surface area contributed by atoms with Crippen LogP contribution in [0.2, 0.25) is 0 Å². The fourth-order valence-corrected chi connectivity index (χ4v) is 4.19. The van der Waals surface area contributed by atoms with Crippen LogP contribution in [-0.2, 0) is 16.1 Å². The fourth-order valence-electron chi connectivity index (χ4n) is 4.19. The molecule has 1 aromatic heterocycles. The number of hydrogen-bond donors (Lipinski definition) is 1. The smallest absolute Gasteiger partial charge is 0.249 e. The molecule has 1 heterocycles. The molecule has 0 saturated carbocycles. The third-order valence-corrected chi connectivity index (χ3v) is 6.77. The van der Waals surface area contributed by atoms with Gasteiger partial charge in [0.15, 0.2) is 5.78 Å². The number of Topliss-reactive ketones (excluding diaryl/α,β-unsaturated/α-hetero) is 1. The first kappa shape index (κ1) is 26.7. The number of benzene rings is 3. The Kier molecular flexibility index (Phi) is 7.71. The second-order valence-electron chi connectivity index (χ2n) is 10.1. The van der Waals surface area contributed by atoms with Gasteiger partial charge < -0.3 is 5.32 Å². The van der Waals surface area contributed by atoms with E-state index in [0.29, 0.717) is 28.8 Å². The van der Waals surface area contributed by atoms with E-state index in [1.807, 2.05) is 76.2 Å². The van der Waals surface area contributed by atoms with E-state index in [2.05, 4.69) is 15.6 Å². The highest BCUT2D eigenvalue weighted by Gasteiger charge is 2.35. The average Bonchev–Trinajstić information content (AvgIpc) is 3.30. The summed E-state index contributed by atoms with van der Waals surface area (Å²) in [5, 5.41) is 11.5. The van der Waals surface area contributed by atoms with Crippen LogP contribution in [0.4, 0.5) is 5.69 Å². The quantitative estimate of drug-likeness (QED) is 0.318. The van der Waals surface area contributed by atoms with Crippen LogP contribution in [-0.4, -0.2) is 38.1 Å². The van der Waals surface area contributed by atoms with E-state index in [9.17, 15) is 14.4 Å². The molecule has 0 fully saturated rings. The third-order valence-electron chi connectivity index (χ3n) is 6.77. The number of anilines is 1. The average molecular weight is 512 g/mol. The van der Waals surface area contributed by atoms with E-state index in [-0.39, 0.29) is 24.1 Å². The molecule has 196 valence electrons. The lowest BCUT2D eigenvalue weighted by molar-refractivity contribution is -0.128. The van der Waals surface area contributed by atoms with Crippen LogP contribution < -0.4 is 10.2 Å². The number of fused-ring (bicyclic) bond motifs is 1. The molecule has 38 heavy (non-hydrogen) atoms. The van der Waals surface area contributed by atoms with Crippen LogP contribution in [0.1, 0.15) is 61.6 Å². The zero-order valence-electron chi connectivity index (χ0n) is 22.4. The van der Waals surface area contributed by atoms with Crippen molar-refractivity contribution in [3.05, 3.63) is 89.5 Å². The molecule has 8 nitrogen and oxygen atoms in total. The number of carbonyl (C=O) groups excluding carboxylic acids is 3. The maximum atomic E-state index is 14.1. The number of para-hydroxylation sites is 1. The summed E-state index contributed by atoms with van der Waals surface area (Å²) in [6.07, 6.45) is 0.714. The van der Waals surface area contributed by atoms with Gasteiger partial charge in [0.1, 0.15) is 18.1 Å². The minimum atomic E-state index is -0.952. The second-order valence-corrected chi connectivity index (χ2v) is 10.1. The first-order chi connectivity index (χ1) is 18.1. The summed E-state index contributed by atoms with van der Waals surface area (Å²) in [7, 11) is 0. The summed E-state index contributed by atoms with van der Waals surface area (Å²) < 4.78 is 1.54. The molecule has 3 aromatic carbocycles. The molecule has 0 spiro atoms. The van der Waals surface area contributed by atoms with Gasteiger partial charge in [-0.3, -0.25) is 19.3 Å². The predicted molar refractivity (Wildman–Crippen MR) is 148 cm³/mol. The van der Waals surface area contributed by atoms with E-state index in [0.717, 1.165) is 11.1 Å². The number of ketones is 1. The van der Waals surface area contributed by atoms with E-state index in [1.165, 1.54) is 16.5 Å². The SMILES string of the molecule is CCC(C)(C)NC(=O)[C@@H](c1ccc(C)cc1)N(C(=O)Cn1nnc2ccccc21)c1ccc(C(C)=O)cc1. The number of aryl methyl sites for hydroxylation is 1. The van der Waals surface area contributed by atoms with Crippen molar-refractivity contribution in [2.75, 3.05) is 4.90 Å². The topological polar surface area (TPSA) is 97.2 Å². The molecule has 1 N–H and O–H groups in total. The molecule has 0 unspecified atom stereocenters. The summed E-state index contributed by atoms with van der Waals surface area (Å²) in [6.45, 7) is 9.24. The Morgan fingerprint density at radius 1 is 0.974 bits per heavy atom. The first-order valence-electron chi connectivity index (χ1n) is 12.7. The standard InChI is InChI=1S/C30H33N5O3/c1-6-30(4,5)31-29(38)28(23-13-11-20(2)12-14-23)35(24-17-15-22(16-18-24)21(3)36)27(37)19-34-26-10-8-7-9-25(26)32-33-34/h7-18,28H,6,19H2,1-5H3,(H,31,38)/t28-/m1/s1. The van der Waals surface area contributed by atoms with Crippen molar-refractivity contribution in [3.8, 4) is 0 Å². The van der Waals surface area contributed by atoms with Crippen LogP contribution in [0.5, 0.6) is 0 Å². The van der Waals surface area contributed by atoms with Crippen molar-refractivity contribution >= 4 is 34.3 Å². The summed E-state index contributed by atoms with van der Waals surface area (Å²) in [4.78, 5) is 41.4. The molecule has 0 saturated heterocycles. The lowest BCUT2D eigenvalue weighted by Crippen LogP contribution is -2.51. The Labute approximate surface area is 222 Å². The zero-order chi connectivity index (χ0) is 27.4.